The first-order valence-corrected chi connectivity index (χ1v) is 5.71. The molecule has 94 valence electrons. The molecule has 5 heteroatoms. The molecule has 0 bridgehead atoms. The molecular formula is C12H15ClFNO2. The number of rotatable bonds is 5. The third-order valence-corrected chi connectivity index (χ3v) is 2.72. The van der Waals surface area contributed by atoms with E-state index in [9.17, 15) is 9.18 Å². The van der Waals surface area contributed by atoms with E-state index in [2.05, 4.69) is 10.1 Å². The van der Waals surface area contributed by atoms with Gasteiger partial charge < -0.3 is 10.1 Å². The molecule has 1 rings (SSSR count). The Kier molecular flexibility index (Phi) is 5.38. The highest BCUT2D eigenvalue weighted by atomic mass is 35.5. The molecule has 0 heterocycles. The van der Waals surface area contributed by atoms with E-state index < -0.39 is 5.82 Å². The Morgan fingerprint density at radius 1 is 1.59 bits per heavy atom. The van der Waals surface area contributed by atoms with Crippen LogP contribution >= 0.6 is 11.6 Å². The fourth-order valence-electron chi connectivity index (χ4n) is 1.43. The highest BCUT2D eigenvalue weighted by molar-refractivity contribution is 6.30. The molecule has 0 aliphatic carbocycles. The lowest BCUT2D eigenvalue weighted by molar-refractivity contribution is -0.143. The van der Waals surface area contributed by atoms with Gasteiger partial charge in [0.25, 0.3) is 0 Å². The number of ether oxygens (including phenoxy) is 1. The second-order valence-corrected chi connectivity index (χ2v) is 4.02. The van der Waals surface area contributed by atoms with Crippen molar-refractivity contribution in [3.8, 4) is 0 Å². The summed E-state index contributed by atoms with van der Waals surface area (Å²) in [6, 6.07) is 4.11. The Balaban J connectivity index is 2.59. The summed E-state index contributed by atoms with van der Waals surface area (Å²) >= 11 is 5.66. The number of esters is 1. The van der Waals surface area contributed by atoms with Gasteiger partial charge in [0.05, 0.1) is 12.1 Å². The van der Waals surface area contributed by atoms with Crippen molar-refractivity contribution in [3.05, 3.63) is 34.6 Å². The predicted octanol–water partition coefficient (Wildman–Crippen LogP) is 2.52. The lowest BCUT2D eigenvalue weighted by Crippen LogP contribution is -2.36. The summed E-state index contributed by atoms with van der Waals surface area (Å²) in [6.45, 7) is 2.32. The largest absolute Gasteiger partial charge is 0.468 e. The Morgan fingerprint density at radius 3 is 2.82 bits per heavy atom. The predicted molar refractivity (Wildman–Crippen MR) is 64.3 cm³/mol. The van der Waals surface area contributed by atoms with Crippen LogP contribution in [0.2, 0.25) is 5.02 Å². The summed E-state index contributed by atoms with van der Waals surface area (Å²) < 4.78 is 17.6. The molecule has 1 aromatic rings. The molecule has 0 amide bonds. The zero-order chi connectivity index (χ0) is 12.8. The van der Waals surface area contributed by atoms with Crippen molar-refractivity contribution >= 4 is 17.6 Å². The molecule has 1 atom stereocenters. The fourth-order valence-corrected chi connectivity index (χ4v) is 1.63. The molecule has 0 saturated carbocycles. The zero-order valence-electron chi connectivity index (χ0n) is 9.80. The number of benzene rings is 1. The maximum Gasteiger partial charge on any atom is 0.322 e. The summed E-state index contributed by atoms with van der Waals surface area (Å²) in [5.74, 6) is -0.754. The molecule has 0 aromatic heterocycles. The topological polar surface area (TPSA) is 38.3 Å². The van der Waals surface area contributed by atoms with Crippen molar-refractivity contribution in [2.45, 2.75) is 25.9 Å². The summed E-state index contributed by atoms with van der Waals surface area (Å²) in [4.78, 5) is 11.3. The van der Waals surface area contributed by atoms with Crippen molar-refractivity contribution in [1.82, 2.24) is 5.32 Å². The van der Waals surface area contributed by atoms with E-state index in [0.717, 1.165) is 5.56 Å². The maximum absolute atomic E-state index is 12.9. The summed E-state index contributed by atoms with van der Waals surface area (Å²) in [5.41, 5.74) is 0.818. The standard InChI is InChI=1S/C12H15ClFNO2/c1-3-11(12(16)17-2)15-7-8-4-5-10(14)9(13)6-8/h4-6,11,15H,3,7H2,1-2H3. The van der Waals surface area contributed by atoms with Crippen LogP contribution in [0.5, 0.6) is 0 Å². The normalized spacial score (nSPS) is 12.2. The van der Waals surface area contributed by atoms with Gasteiger partial charge in [0.1, 0.15) is 11.9 Å². The van der Waals surface area contributed by atoms with Gasteiger partial charge in [-0.1, -0.05) is 24.6 Å². The Bertz CT molecular complexity index is 398. The highest BCUT2D eigenvalue weighted by Gasteiger charge is 2.15. The molecule has 0 fully saturated rings. The van der Waals surface area contributed by atoms with E-state index in [4.69, 9.17) is 11.6 Å². The third kappa shape index (κ3) is 3.98. The zero-order valence-corrected chi connectivity index (χ0v) is 10.6. The van der Waals surface area contributed by atoms with E-state index in [1.54, 1.807) is 6.07 Å². The van der Waals surface area contributed by atoms with E-state index in [1.807, 2.05) is 6.92 Å². The lowest BCUT2D eigenvalue weighted by atomic mass is 10.2. The van der Waals surface area contributed by atoms with Crippen molar-refractivity contribution in [1.29, 1.82) is 0 Å². The minimum absolute atomic E-state index is 0.0791. The van der Waals surface area contributed by atoms with Gasteiger partial charge in [-0.3, -0.25) is 4.79 Å². The molecule has 0 aliphatic heterocycles. The van der Waals surface area contributed by atoms with Gasteiger partial charge in [0.15, 0.2) is 0 Å². The number of hydrogen-bond donors (Lipinski definition) is 1. The number of halogens is 2. The number of hydrogen-bond acceptors (Lipinski definition) is 3. The van der Waals surface area contributed by atoms with Gasteiger partial charge in [-0.05, 0) is 24.1 Å². The molecular weight excluding hydrogens is 245 g/mol. The molecule has 0 spiro atoms. The minimum Gasteiger partial charge on any atom is -0.468 e. The average molecular weight is 260 g/mol. The fraction of sp³-hybridized carbons (Fsp3) is 0.417. The van der Waals surface area contributed by atoms with Crippen LogP contribution in [0.1, 0.15) is 18.9 Å². The minimum atomic E-state index is -0.449. The van der Waals surface area contributed by atoms with E-state index >= 15 is 0 Å². The van der Waals surface area contributed by atoms with Crippen LogP contribution in [0.15, 0.2) is 18.2 Å². The smallest absolute Gasteiger partial charge is 0.322 e. The average Bonchev–Trinajstić information content (AvgIpc) is 2.33. The van der Waals surface area contributed by atoms with Crippen LogP contribution in [0, 0.1) is 5.82 Å². The number of methoxy groups -OCH3 is 1. The lowest BCUT2D eigenvalue weighted by Gasteiger charge is -2.14. The Labute approximate surface area is 105 Å². The molecule has 1 aromatic carbocycles. The second kappa shape index (κ2) is 6.57. The third-order valence-electron chi connectivity index (χ3n) is 2.43. The first kappa shape index (κ1) is 13.9. The molecule has 1 N–H and O–H groups in total. The van der Waals surface area contributed by atoms with E-state index in [-0.39, 0.29) is 17.0 Å². The molecule has 0 saturated heterocycles. The molecule has 17 heavy (non-hydrogen) atoms. The summed E-state index contributed by atoms with van der Waals surface area (Å²) in [6.07, 6.45) is 0.627. The van der Waals surface area contributed by atoms with Crippen LogP contribution in [-0.4, -0.2) is 19.1 Å². The van der Waals surface area contributed by atoms with Crippen LogP contribution in [-0.2, 0) is 16.1 Å². The number of carbonyl (C=O) groups excluding carboxylic acids is 1. The Hall–Kier alpha value is -1.13. The van der Waals surface area contributed by atoms with Gasteiger partial charge in [-0.15, -0.1) is 0 Å². The van der Waals surface area contributed by atoms with Crippen LogP contribution in [0.4, 0.5) is 4.39 Å². The van der Waals surface area contributed by atoms with Crippen molar-refractivity contribution < 1.29 is 13.9 Å². The van der Waals surface area contributed by atoms with Crippen LogP contribution < -0.4 is 5.32 Å². The molecule has 3 nitrogen and oxygen atoms in total. The van der Waals surface area contributed by atoms with Crippen LogP contribution in [0.25, 0.3) is 0 Å². The van der Waals surface area contributed by atoms with Crippen molar-refractivity contribution in [2.75, 3.05) is 7.11 Å². The highest BCUT2D eigenvalue weighted by Crippen LogP contribution is 2.16. The van der Waals surface area contributed by atoms with Gasteiger partial charge in [-0.25, -0.2) is 4.39 Å². The van der Waals surface area contributed by atoms with Crippen LogP contribution in [0.3, 0.4) is 0 Å². The van der Waals surface area contributed by atoms with Gasteiger partial charge in [0, 0.05) is 6.54 Å². The molecule has 0 radical (unpaired) electrons. The van der Waals surface area contributed by atoms with E-state index in [0.29, 0.717) is 13.0 Å². The first-order chi connectivity index (χ1) is 8.08. The Morgan fingerprint density at radius 2 is 2.29 bits per heavy atom. The first-order valence-electron chi connectivity index (χ1n) is 5.33. The second-order valence-electron chi connectivity index (χ2n) is 3.61. The summed E-state index contributed by atoms with van der Waals surface area (Å²) in [7, 11) is 1.35. The quantitative estimate of drug-likeness (QED) is 0.826. The molecule has 0 aliphatic rings. The van der Waals surface area contributed by atoms with Crippen molar-refractivity contribution in [3.63, 3.8) is 0 Å². The number of carbonyl (C=O) groups is 1. The van der Waals surface area contributed by atoms with Gasteiger partial charge in [0.2, 0.25) is 0 Å². The SMILES string of the molecule is CCC(NCc1ccc(F)c(Cl)c1)C(=O)OC. The van der Waals surface area contributed by atoms with Gasteiger partial charge >= 0.3 is 5.97 Å². The van der Waals surface area contributed by atoms with E-state index in [1.165, 1.54) is 19.2 Å². The maximum atomic E-state index is 12.9. The molecule has 1 unspecified atom stereocenters. The number of nitrogens with one attached hydrogen (secondary N) is 1. The summed E-state index contributed by atoms with van der Waals surface area (Å²) in [5, 5.41) is 3.11. The monoisotopic (exact) mass is 259 g/mol. The van der Waals surface area contributed by atoms with Gasteiger partial charge in [-0.2, -0.15) is 0 Å². The van der Waals surface area contributed by atoms with Crippen molar-refractivity contribution in [2.24, 2.45) is 0 Å².